The molecule has 3 rings (SSSR count). The maximum absolute atomic E-state index is 11.5. The molecule has 2 heterocycles. The van der Waals surface area contributed by atoms with Crippen LogP contribution in [-0.4, -0.2) is 14.9 Å². The first-order valence-corrected chi connectivity index (χ1v) is 6.27. The van der Waals surface area contributed by atoms with Gasteiger partial charge < -0.3 is 9.05 Å². The number of rotatable bonds is 4. The Morgan fingerprint density at radius 3 is 2.75 bits per heavy atom. The van der Waals surface area contributed by atoms with Crippen LogP contribution in [0.5, 0.6) is 0 Å². The highest BCUT2D eigenvalue weighted by molar-refractivity contribution is 5.18. The summed E-state index contributed by atoms with van der Waals surface area (Å²) in [7, 11) is 0. The Morgan fingerprint density at radius 1 is 1.25 bits per heavy atom. The summed E-state index contributed by atoms with van der Waals surface area (Å²) in [4.78, 5) is 15.8. The van der Waals surface area contributed by atoms with E-state index < -0.39 is 6.04 Å². The Hall–Kier alpha value is -2.63. The Kier molecular flexibility index (Phi) is 3.20. The van der Waals surface area contributed by atoms with Gasteiger partial charge in [-0.1, -0.05) is 35.5 Å². The van der Waals surface area contributed by atoms with Gasteiger partial charge >= 0.3 is 0 Å². The average molecular weight is 271 g/mol. The Balaban J connectivity index is 1.80. The van der Waals surface area contributed by atoms with E-state index in [4.69, 9.17) is 9.05 Å². The van der Waals surface area contributed by atoms with Gasteiger partial charge in [0.2, 0.25) is 0 Å². The van der Waals surface area contributed by atoms with Crippen LogP contribution in [-0.2, 0) is 6.42 Å². The Morgan fingerprint density at radius 2 is 2.05 bits per heavy atom. The van der Waals surface area contributed by atoms with E-state index >= 15 is 0 Å². The standard InChI is InChI=1S/C14H13N3O3/c1-10(17-13(18)7-8-19-17)14-15-12(16-20-14)9-11-5-3-2-4-6-11/h2-8,10H,9H2,1H3. The normalized spacial score (nSPS) is 12.4. The predicted octanol–water partition coefficient (Wildman–Crippen LogP) is 2.02. The second-order valence-electron chi connectivity index (χ2n) is 4.46. The summed E-state index contributed by atoms with van der Waals surface area (Å²) in [6, 6.07) is 10.8. The molecule has 0 saturated carbocycles. The van der Waals surface area contributed by atoms with Crippen LogP contribution in [0, 0.1) is 0 Å². The van der Waals surface area contributed by atoms with Crippen molar-refractivity contribution in [1.29, 1.82) is 0 Å². The monoisotopic (exact) mass is 271 g/mol. The largest absolute Gasteiger partial charge is 0.383 e. The second-order valence-corrected chi connectivity index (χ2v) is 4.46. The molecule has 1 unspecified atom stereocenters. The maximum atomic E-state index is 11.5. The lowest BCUT2D eigenvalue weighted by Crippen LogP contribution is -2.18. The van der Waals surface area contributed by atoms with Crippen molar-refractivity contribution in [3.05, 3.63) is 70.3 Å². The zero-order valence-electron chi connectivity index (χ0n) is 10.9. The molecule has 0 N–H and O–H groups in total. The quantitative estimate of drug-likeness (QED) is 0.725. The van der Waals surface area contributed by atoms with Crippen molar-refractivity contribution in [3.8, 4) is 0 Å². The van der Waals surface area contributed by atoms with Gasteiger partial charge in [-0.2, -0.15) is 9.72 Å². The summed E-state index contributed by atoms with van der Waals surface area (Å²) in [6.45, 7) is 1.77. The summed E-state index contributed by atoms with van der Waals surface area (Å²) in [5.74, 6) is 0.936. The van der Waals surface area contributed by atoms with Crippen molar-refractivity contribution in [2.24, 2.45) is 0 Å². The van der Waals surface area contributed by atoms with Gasteiger partial charge in [0.25, 0.3) is 11.4 Å². The maximum Gasteiger partial charge on any atom is 0.283 e. The summed E-state index contributed by atoms with van der Waals surface area (Å²) in [5.41, 5.74) is 0.864. The van der Waals surface area contributed by atoms with Gasteiger partial charge in [0, 0.05) is 12.5 Å². The Labute approximate surface area is 114 Å². The SMILES string of the molecule is CC(c1nc(Cc2ccccc2)no1)n1occc1=O. The molecule has 0 bridgehead atoms. The number of nitrogens with zero attached hydrogens (tertiary/aromatic N) is 3. The molecular weight excluding hydrogens is 258 g/mol. The van der Waals surface area contributed by atoms with Crippen molar-refractivity contribution in [2.45, 2.75) is 19.4 Å². The molecule has 0 amide bonds. The fourth-order valence-corrected chi connectivity index (χ4v) is 1.95. The fraction of sp³-hybridized carbons (Fsp3) is 0.214. The van der Waals surface area contributed by atoms with E-state index in [1.54, 1.807) is 6.92 Å². The minimum atomic E-state index is -0.422. The van der Waals surface area contributed by atoms with Gasteiger partial charge in [0.1, 0.15) is 12.3 Å². The minimum Gasteiger partial charge on any atom is -0.383 e. The summed E-state index contributed by atoms with van der Waals surface area (Å²) >= 11 is 0. The van der Waals surface area contributed by atoms with E-state index in [-0.39, 0.29) is 5.56 Å². The van der Waals surface area contributed by atoms with Crippen molar-refractivity contribution >= 4 is 0 Å². The average Bonchev–Trinajstić information content (AvgIpc) is 3.08. The first-order chi connectivity index (χ1) is 9.74. The molecule has 0 saturated heterocycles. The lowest BCUT2D eigenvalue weighted by molar-refractivity contribution is 0.210. The van der Waals surface area contributed by atoms with Crippen LogP contribution < -0.4 is 5.56 Å². The van der Waals surface area contributed by atoms with E-state index in [1.807, 2.05) is 30.3 Å². The second kappa shape index (κ2) is 5.16. The molecule has 0 aliphatic carbocycles. The molecule has 0 radical (unpaired) electrons. The Bertz CT molecular complexity index is 742. The van der Waals surface area contributed by atoms with Crippen LogP contribution in [0.15, 0.2) is 56.5 Å². The lowest BCUT2D eigenvalue weighted by Gasteiger charge is -2.03. The van der Waals surface area contributed by atoms with Gasteiger partial charge in [-0.05, 0) is 12.5 Å². The van der Waals surface area contributed by atoms with Crippen molar-refractivity contribution in [2.75, 3.05) is 0 Å². The molecular formula is C14H13N3O3. The molecule has 6 nitrogen and oxygen atoms in total. The fourth-order valence-electron chi connectivity index (χ4n) is 1.95. The van der Waals surface area contributed by atoms with Crippen molar-refractivity contribution < 1.29 is 9.05 Å². The third kappa shape index (κ3) is 2.40. The van der Waals surface area contributed by atoms with Crippen LogP contribution in [0.1, 0.15) is 30.2 Å². The zero-order valence-corrected chi connectivity index (χ0v) is 10.9. The number of benzene rings is 1. The van der Waals surface area contributed by atoms with Gasteiger partial charge in [-0.15, -0.1) is 0 Å². The van der Waals surface area contributed by atoms with E-state index in [9.17, 15) is 4.79 Å². The van der Waals surface area contributed by atoms with E-state index in [1.165, 1.54) is 17.1 Å². The van der Waals surface area contributed by atoms with Crippen LogP contribution in [0.2, 0.25) is 0 Å². The van der Waals surface area contributed by atoms with Crippen LogP contribution in [0.4, 0.5) is 0 Å². The third-order valence-electron chi connectivity index (χ3n) is 3.00. The van der Waals surface area contributed by atoms with Crippen molar-refractivity contribution in [1.82, 2.24) is 14.9 Å². The summed E-state index contributed by atoms with van der Waals surface area (Å²) in [6.07, 6.45) is 1.92. The first kappa shape index (κ1) is 12.4. The summed E-state index contributed by atoms with van der Waals surface area (Å²) < 4.78 is 11.5. The number of aromatic nitrogens is 3. The molecule has 0 spiro atoms. The molecule has 1 atom stereocenters. The lowest BCUT2D eigenvalue weighted by atomic mass is 10.1. The van der Waals surface area contributed by atoms with E-state index in [2.05, 4.69) is 10.1 Å². The molecule has 6 heteroatoms. The smallest absolute Gasteiger partial charge is 0.283 e. The van der Waals surface area contributed by atoms with E-state index in [0.29, 0.717) is 18.1 Å². The minimum absolute atomic E-state index is 0.236. The highest BCUT2D eigenvalue weighted by Gasteiger charge is 2.19. The molecule has 0 aliphatic heterocycles. The first-order valence-electron chi connectivity index (χ1n) is 6.27. The van der Waals surface area contributed by atoms with Crippen molar-refractivity contribution in [3.63, 3.8) is 0 Å². The summed E-state index contributed by atoms with van der Waals surface area (Å²) in [5, 5.41) is 3.93. The van der Waals surface area contributed by atoms with Gasteiger partial charge in [0.15, 0.2) is 5.82 Å². The molecule has 102 valence electrons. The van der Waals surface area contributed by atoms with Crippen LogP contribution in [0.25, 0.3) is 0 Å². The molecule has 20 heavy (non-hydrogen) atoms. The zero-order chi connectivity index (χ0) is 13.9. The molecule has 0 fully saturated rings. The molecule has 2 aromatic heterocycles. The predicted molar refractivity (Wildman–Crippen MR) is 70.3 cm³/mol. The number of hydrogen-bond donors (Lipinski definition) is 0. The van der Waals surface area contributed by atoms with Crippen LogP contribution in [0.3, 0.4) is 0 Å². The molecule has 1 aromatic carbocycles. The van der Waals surface area contributed by atoms with Gasteiger partial charge in [0.05, 0.1) is 0 Å². The van der Waals surface area contributed by atoms with Crippen LogP contribution >= 0.6 is 0 Å². The number of hydrogen-bond acceptors (Lipinski definition) is 5. The van der Waals surface area contributed by atoms with E-state index in [0.717, 1.165) is 5.56 Å². The van der Waals surface area contributed by atoms with Gasteiger partial charge in [-0.25, -0.2) is 0 Å². The highest BCUT2D eigenvalue weighted by Crippen LogP contribution is 2.15. The van der Waals surface area contributed by atoms with Gasteiger partial charge in [-0.3, -0.25) is 4.79 Å². The molecule has 0 aliphatic rings. The highest BCUT2D eigenvalue weighted by atomic mass is 16.5. The topological polar surface area (TPSA) is 74.1 Å². The third-order valence-corrected chi connectivity index (χ3v) is 3.00. The molecule has 3 aromatic rings.